The van der Waals surface area contributed by atoms with E-state index in [2.05, 4.69) is 48.5 Å². The van der Waals surface area contributed by atoms with E-state index in [1.807, 2.05) is 0 Å². The van der Waals surface area contributed by atoms with Crippen molar-refractivity contribution in [3.8, 4) is 0 Å². The first-order valence-electron chi connectivity index (χ1n) is 14.6. The lowest BCUT2D eigenvalue weighted by molar-refractivity contribution is -0.194. The first-order valence-corrected chi connectivity index (χ1v) is 14.6. The molecule has 1 unspecified atom stereocenters. The van der Waals surface area contributed by atoms with Gasteiger partial charge in [-0.2, -0.15) is 0 Å². The molecular weight excluding hydrogens is 440 g/mol. The predicted octanol–water partition coefficient (Wildman–Crippen LogP) is 5.06. The molecule has 0 amide bonds. The number of rotatable bonds is 2. The molecule has 1 spiro atoms. The van der Waals surface area contributed by atoms with Crippen LogP contribution in [0.2, 0.25) is 0 Å². The molecule has 0 aromatic rings. The average molecular weight is 489 g/mol. The maximum Gasteiger partial charge on any atom is 0.158 e. The molecule has 3 heterocycles. The van der Waals surface area contributed by atoms with Gasteiger partial charge < -0.3 is 24.4 Å². The molecule has 7 rings (SSSR count). The molecule has 5 nitrogen and oxygen atoms in total. The van der Waals surface area contributed by atoms with E-state index >= 15 is 0 Å². The van der Waals surface area contributed by atoms with Crippen LogP contribution in [-0.4, -0.2) is 52.1 Å². The van der Waals surface area contributed by atoms with E-state index in [4.69, 9.17) is 14.2 Å². The van der Waals surface area contributed by atoms with Crippen LogP contribution in [0.3, 0.4) is 0 Å². The molecule has 198 valence electrons. The van der Waals surface area contributed by atoms with Gasteiger partial charge >= 0.3 is 0 Å². The van der Waals surface area contributed by atoms with E-state index in [1.54, 1.807) is 0 Å². The Balaban J connectivity index is 1.20. The Morgan fingerprint density at radius 2 is 1.49 bits per heavy atom. The van der Waals surface area contributed by atoms with Gasteiger partial charge in [-0.05, 0) is 99.2 Å². The van der Waals surface area contributed by atoms with Crippen molar-refractivity contribution in [1.29, 1.82) is 0 Å². The first kappa shape index (κ1) is 23.9. The van der Waals surface area contributed by atoms with Crippen LogP contribution in [0.5, 0.6) is 0 Å². The van der Waals surface area contributed by atoms with Gasteiger partial charge in [-0.15, -0.1) is 0 Å². The number of hydrogen-bond acceptors (Lipinski definition) is 5. The molecule has 3 aliphatic heterocycles. The van der Waals surface area contributed by atoms with Crippen molar-refractivity contribution in [2.24, 2.45) is 45.3 Å². The van der Waals surface area contributed by atoms with Crippen molar-refractivity contribution in [2.45, 2.75) is 142 Å². The monoisotopic (exact) mass is 488 g/mol. The molecule has 2 N–H and O–H groups in total. The highest BCUT2D eigenvalue weighted by atomic mass is 16.7. The molecule has 13 atom stereocenters. The Kier molecular flexibility index (Phi) is 4.56. The summed E-state index contributed by atoms with van der Waals surface area (Å²) in [6.45, 7) is 16.5. The minimum absolute atomic E-state index is 0.0186. The van der Waals surface area contributed by atoms with Gasteiger partial charge in [-0.3, -0.25) is 0 Å². The summed E-state index contributed by atoms with van der Waals surface area (Å²) in [5.41, 5.74) is 0.311. The summed E-state index contributed by atoms with van der Waals surface area (Å²) < 4.78 is 19.0. The van der Waals surface area contributed by atoms with Crippen LogP contribution < -0.4 is 0 Å². The molecule has 0 bridgehead atoms. The predicted molar refractivity (Wildman–Crippen MR) is 132 cm³/mol. The zero-order chi connectivity index (χ0) is 25.0. The number of aliphatic hydroxyl groups is 2. The lowest BCUT2D eigenvalue weighted by Gasteiger charge is -2.65. The van der Waals surface area contributed by atoms with Crippen LogP contribution in [0.4, 0.5) is 0 Å². The minimum atomic E-state index is -0.677. The molecule has 0 aromatic heterocycles. The van der Waals surface area contributed by atoms with E-state index < -0.39 is 6.29 Å². The Hall–Kier alpha value is -0.200. The van der Waals surface area contributed by atoms with Crippen molar-refractivity contribution >= 4 is 0 Å². The Morgan fingerprint density at radius 1 is 0.771 bits per heavy atom. The van der Waals surface area contributed by atoms with Gasteiger partial charge in [0.25, 0.3) is 0 Å². The molecule has 3 saturated heterocycles. The number of hydrogen-bond donors (Lipinski definition) is 2. The fourth-order valence-corrected chi connectivity index (χ4v) is 11.7. The zero-order valence-electron chi connectivity index (χ0n) is 23.0. The van der Waals surface area contributed by atoms with E-state index in [1.165, 1.54) is 19.3 Å². The van der Waals surface area contributed by atoms with Crippen LogP contribution in [0.1, 0.15) is 99.8 Å². The second kappa shape index (κ2) is 6.68. The normalized spacial score (nSPS) is 63.5. The van der Waals surface area contributed by atoms with Gasteiger partial charge in [0.2, 0.25) is 0 Å². The van der Waals surface area contributed by atoms with E-state index in [0.29, 0.717) is 23.9 Å². The van der Waals surface area contributed by atoms with Crippen molar-refractivity contribution in [3.05, 3.63) is 0 Å². The molecule has 5 heteroatoms. The highest BCUT2D eigenvalue weighted by Crippen LogP contribution is 2.82. The molecule has 4 aliphatic carbocycles. The fraction of sp³-hybridized carbons (Fsp3) is 1.00. The highest BCUT2D eigenvalue weighted by Gasteiger charge is 2.84. The summed E-state index contributed by atoms with van der Waals surface area (Å²) in [6, 6.07) is 0. The van der Waals surface area contributed by atoms with Crippen molar-refractivity contribution in [1.82, 2.24) is 0 Å². The van der Waals surface area contributed by atoms with Crippen LogP contribution in [0.25, 0.3) is 0 Å². The third kappa shape index (κ3) is 2.64. The van der Waals surface area contributed by atoms with Gasteiger partial charge in [0.05, 0.1) is 23.9 Å². The van der Waals surface area contributed by atoms with Crippen LogP contribution in [-0.2, 0) is 14.2 Å². The summed E-state index contributed by atoms with van der Waals surface area (Å²) in [5.74, 6) is 1.74. The summed E-state index contributed by atoms with van der Waals surface area (Å²) >= 11 is 0. The van der Waals surface area contributed by atoms with Gasteiger partial charge in [-0.1, -0.05) is 34.6 Å². The smallest absolute Gasteiger partial charge is 0.158 e. The Morgan fingerprint density at radius 3 is 2.17 bits per heavy atom. The molecular formula is C30H48O5. The summed E-state index contributed by atoms with van der Waals surface area (Å²) in [4.78, 5) is 0. The number of fused-ring (bicyclic) bond motifs is 3. The fourth-order valence-electron chi connectivity index (χ4n) is 11.7. The van der Waals surface area contributed by atoms with Crippen molar-refractivity contribution in [3.63, 3.8) is 0 Å². The van der Waals surface area contributed by atoms with E-state index in [-0.39, 0.29) is 57.1 Å². The van der Waals surface area contributed by atoms with Gasteiger partial charge in [0, 0.05) is 11.3 Å². The topological polar surface area (TPSA) is 74.8 Å². The SMILES string of the molecule is CC1(C)O[C@H]1[C@H]1C[C@@H]([C@@H]2CC[C@]3(C)[C@@]45O[C@@H]4C[C@H]4C(C)(C)[C@@H](O)CC[C@]4(C)[C@H]5CC[C@@]23C)C(O)O1. The van der Waals surface area contributed by atoms with Crippen molar-refractivity contribution < 1.29 is 24.4 Å². The molecule has 0 radical (unpaired) electrons. The largest absolute Gasteiger partial charge is 0.393 e. The summed E-state index contributed by atoms with van der Waals surface area (Å²) in [5, 5.41) is 22.0. The number of aliphatic hydroxyl groups excluding tert-OH is 2. The van der Waals surface area contributed by atoms with E-state index in [9.17, 15) is 10.2 Å². The van der Waals surface area contributed by atoms with Gasteiger partial charge in [-0.25, -0.2) is 0 Å². The molecule has 7 aliphatic rings. The maximum absolute atomic E-state index is 11.1. The van der Waals surface area contributed by atoms with Crippen molar-refractivity contribution in [2.75, 3.05) is 0 Å². The summed E-state index contributed by atoms with van der Waals surface area (Å²) in [6.07, 6.45) is 8.41. The van der Waals surface area contributed by atoms with Crippen LogP contribution in [0.15, 0.2) is 0 Å². The summed E-state index contributed by atoms with van der Waals surface area (Å²) in [7, 11) is 0. The zero-order valence-corrected chi connectivity index (χ0v) is 23.0. The quantitative estimate of drug-likeness (QED) is 0.531. The lowest BCUT2D eigenvalue weighted by Crippen LogP contribution is -2.66. The third-order valence-corrected chi connectivity index (χ3v) is 14.0. The van der Waals surface area contributed by atoms with Crippen LogP contribution in [0, 0.1) is 45.3 Å². The second-order valence-electron chi connectivity index (χ2n) is 15.7. The molecule has 7 fully saturated rings. The minimum Gasteiger partial charge on any atom is -0.393 e. The maximum atomic E-state index is 11.1. The lowest BCUT2D eigenvalue weighted by atomic mass is 9.37. The molecule has 35 heavy (non-hydrogen) atoms. The molecule has 0 aromatic carbocycles. The average Bonchev–Trinajstić information content (AvgIpc) is 3.57. The highest BCUT2D eigenvalue weighted by molar-refractivity contribution is 5.31. The number of epoxide rings is 2. The first-order chi connectivity index (χ1) is 16.2. The Labute approximate surface area is 211 Å². The number of ether oxygens (including phenoxy) is 3. The standard InChI is InChI=1S/C30H48O5/c1-25(2)20-15-22-30(34-22)19(27(20,5)11-10-21(25)31)9-12-28(6)17(8-13-29(28,30)7)16-14-18(33-24(16)32)23-26(3,4)35-23/h16-24,31-32H,8-15H2,1-7H3/t16-,17-,18+,19+,20-,21-,22+,23-,24?,27+,28-,29-,30-/m0/s1. The Bertz CT molecular complexity index is 932. The van der Waals surface area contributed by atoms with Gasteiger partial charge in [0.1, 0.15) is 11.7 Å². The van der Waals surface area contributed by atoms with E-state index in [0.717, 1.165) is 32.1 Å². The third-order valence-electron chi connectivity index (χ3n) is 14.0. The van der Waals surface area contributed by atoms with Gasteiger partial charge in [0.15, 0.2) is 6.29 Å². The van der Waals surface area contributed by atoms with Crippen LogP contribution >= 0.6 is 0 Å². The molecule has 4 saturated carbocycles. The second-order valence-corrected chi connectivity index (χ2v) is 15.7.